The first kappa shape index (κ1) is 9.59. The first-order valence-electron chi connectivity index (χ1n) is 5.46. The van der Waals surface area contributed by atoms with Crippen LogP contribution < -0.4 is 5.43 Å². The lowest BCUT2D eigenvalue weighted by molar-refractivity contribution is 0.185. The summed E-state index contributed by atoms with van der Waals surface area (Å²) in [5, 5.41) is 3.16. The molecule has 3 rings (SSSR count). The molecule has 0 bridgehead atoms. The molecule has 5 heteroatoms. The second kappa shape index (κ2) is 3.75. The highest BCUT2D eigenvalue weighted by atomic mass is 16.5. The predicted molar refractivity (Wildman–Crippen MR) is 58.4 cm³/mol. The smallest absolute Gasteiger partial charge is 0.183 e. The summed E-state index contributed by atoms with van der Waals surface area (Å²) in [5.41, 5.74) is 0.670. The molecule has 16 heavy (non-hydrogen) atoms. The van der Waals surface area contributed by atoms with Gasteiger partial charge >= 0.3 is 0 Å². The van der Waals surface area contributed by atoms with Crippen molar-refractivity contribution in [3.05, 3.63) is 34.4 Å². The van der Waals surface area contributed by atoms with Gasteiger partial charge in [-0.2, -0.15) is 0 Å². The number of pyridine rings is 1. The number of rotatable bonds is 2. The van der Waals surface area contributed by atoms with Crippen molar-refractivity contribution in [1.82, 2.24) is 14.6 Å². The third-order valence-electron chi connectivity index (χ3n) is 2.91. The van der Waals surface area contributed by atoms with Crippen LogP contribution in [-0.2, 0) is 11.2 Å². The number of nitrogens with zero attached hydrogens (tertiary/aromatic N) is 2. The Balaban J connectivity index is 1.89. The molecule has 0 radical (unpaired) electrons. The van der Waals surface area contributed by atoms with E-state index in [-0.39, 0.29) is 5.43 Å². The van der Waals surface area contributed by atoms with Gasteiger partial charge in [-0.05, 0) is 12.3 Å². The van der Waals surface area contributed by atoms with E-state index in [4.69, 9.17) is 4.74 Å². The number of fused-ring (bicyclic) bond motifs is 1. The molecular weight excluding hydrogens is 206 g/mol. The zero-order chi connectivity index (χ0) is 11.0. The van der Waals surface area contributed by atoms with Crippen LogP contribution >= 0.6 is 0 Å². The van der Waals surface area contributed by atoms with Gasteiger partial charge in [0.1, 0.15) is 5.82 Å². The summed E-state index contributed by atoms with van der Waals surface area (Å²) in [6.07, 6.45) is 3.68. The van der Waals surface area contributed by atoms with Crippen molar-refractivity contribution in [3.8, 4) is 0 Å². The van der Waals surface area contributed by atoms with Crippen LogP contribution in [0, 0.1) is 5.92 Å². The minimum absolute atomic E-state index is 0.0118. The van der Waals surface area contributed by atoms with E-state index >= 15 is 0 Å². The number of nitrogens with one attached hydrogen (secondary N) is 1. The maximum absolute atomic E-state index is 11.2. The molecule has 0 spiro atoms. The zero-order valence-corrected chi connectivity index (χ0v) is 8.85. The fraction of sp³-hybridized carbons (Fsp3) is 0.455. The lowest BCUT2D eigenvalue weighted by Gasteiger charge is -2.02. The monoisotopic (exact) mass is 219 g/mol. The van der Waals surface area contributed by atoms with E-state index in [0.717, 1.165) is 31.9 Å². The first-order valence-corrected chi connectivity index (χ1v) is 5.46. The SMILES string of the molecule is O=c1ccn2[nH]c(CC3CCOC3)nc2c1. The van der Waals surface area contributed by atoms with Gasteiger partial charge < -0.3 is 4.74 Å². The van der Waals surface area contributed by atoms with Gasteiger partial charge in [0.25, 0.3) is 0 Å². The fourth-order valence-corrected chi connectivity index (χ4v) is 2.06. The van der Waals surface area contributed by atoms with Crippen molar-refractivity contribution in [2.45, 2.75) is 12.8 Å². The summed E-state index contributed by atoms with van der Waals surface area (Å²) < 4.78 is 7.09. The van der Waals surface area contributed by atoms with Crippen LogP contribution in [0.4, 0.5) is 0 Å². The van der Waals surface area contributed by atoms with Crippen LogP contribution in [0.5, 0.6) is 0 Å². The Morgan fingerprint density at radius 1 is 1.62 bits per heavy atom. The molecule has 1 N–H and O–H groups in total. The van der Waals surface area contributed by atoms with Gasteiger partial charge in [0.2, 0.25) is 0 Å². The molecule has 84 valence electrons. The van der Waals surface area contributed by atoms with Crippen LogP contribution in [0.1, 0.15) is 12.2 Å². The molecule has 3 heterocycles. The van der Waals surface area contributed by atoms with Crippen molar-refractivity contribution >= 4 is 5.65 Å². The van der Waals surface area contributed by atoms with Crippen LogP contribution in [0.25, 0.3) is 5.65 Å². The Morgan fingerprint density at radius 2 is 2.56 bits per heavy atom. The molecule has 5 nitrogen and oxygen atoms in total. The molecular formula is C11H13N3O2. The molecule has 1 aliphatic rings. The molecule has 0 aromatic carbocycles. The van der Waals surface area contributed by atoms with Crippen molar-refractivity contribution in [2.24, 2.45) is 5.92 Å². The van der Waals surface area contributed by atoms with Gasteiger partial charge in [-0.1, -0.05) is 0 Å². The maximum Gasteiger partial charge on any atom is 0.183 e. The first-order chi connectivity index (χ1) is 7.81. The Morgan fingerprint density at radius 3 is 3.38 bits per heavy atom. The van der Waals surface area contributed by atoms with Crippen LogP contribution in [0.15, 0.2) is 23.1 Å². The number of aromatic amines is 1. The van der Waals surface area contributed by atoms with Gasteiger partial charge in [-0.3, -0.25) is 9.89 Å². The number of aromatic nitrogens is 3. The molecule has 1 atom stereocenters. The fourth-order valence-electron chi connectivity index (χ4n) is 2.06. The molecule has 1 unspecified atom stereocenters. The van der Waals surface area contributed by atoms with E-state index in [1.807, 2.05) is 0 Å². The number of ether oxygens (including phenoxy) is 1. The summed E-state index contributed by atoms with van der Waals surface area (Å²) in [5.74, 6) is 1.47. The molecule has 2 aromatic rings. The van der Waals surface area contributed by atoms with Crippen molar-refractivity contribution < 1.29 is 4.74 Å². The standard InChI is InChI=1S/C11H13N3O2/c15-9-1-3-14-11(6-9)12-10(13-14)5-8-2-4-16-7-8/h1,3,6,8H,2,4-5,7H2,(H,12,13). The lowest BCUT2D eigenvalue weighted by Crippen LogP contribution is -2.05. The third kappa shape index (κ3) is 1.74. The van der Waals surface area contributed by atoms with E-state index in [1.54, 1.807) is 10.7 Å². The molecule has 1 saturated heterocycles. The minimum atomic E-state index is -0.0118. The Bertz CT molecular complexity index is 552. The Labute approximate surface area is 92.1 Å². The molecule has 0 saturated carbocycles. The van der Waals surface area contributed by atoms with E-state index in [0.29, 0.717) is 11.6 Å². The van der Waals surface area contributed by atoms with Gasteiger partial charge in [0.15, 0.2) is 11.1 Å². The number of hydrogen-bond acceptors (Lipinski definition) is 3. The number of hydrogen-bond donors (Lipinski definition) is 1. The largest absolute Gasteiger partial charge is 0.381 e. The van der Waals surface area contributed by atoms with E-state index in [1.165, 1.54) is 12.1 Å². The summed E-state index contributed by atoms with van der Waals surface area (Å²) in [7, 11) is 0. The zero-order valence-electron chi connectivity index (χ0n) is 8.85. The van der Waals surface area contributed by atoms with E-state index in [9.17, 15) is 4.79 Å². The van der Waals surface area contributed by atoms with Gasteiger partial charge in [-0.15, -0.1) is 0 Å². The molecule has 1 aliphatic heterocycles. The second-order valence-electron chi connectivity index (χ2n) is 4.19. The Kier molecular flexibility index (Phi) is 2.25. The van der Waals surface area contributed by atoms with Crippen molar-refractivity contribution in [3.63, 3.8) is 0 Å². The van der Waals surface area contributed by atoms with Gasteiger partial charge in [0.05, 0.1) is 0 Å². The van der Waals surface area contributed by atoms with Crippen LogP contribution in [-0.4, -0.2) is 27.8 Å². The van der Waals surface area contributed by atoms with E-state index < -0.39 is 0 Å². The van der Waals surface area contributed by atoms with Crippen molar-refractivity contribution in [1.29, 1.82) is 0 Å². The Hall–Kier alpha value is -1.62. The van der Waals surface area contributed by atoms with Crippen molar-refractivity contribution in [2.75, 3.05) is 13.2 Å². The third-order valence-corrected chi connectivity index (χ3v) is 2.91. The van der Waals surface area contributed by atoms with E-state index in [2.05, 4.69) is 10.1 Å². The summed E-state index contributed by atoms with van der Waals surface area (Å²) in [6.45, 7) is 1.66. The maximum atomic E-state index is 11.2. The number of H-pyrrole nitrogens is 1. The normalized spacial score (nSPS) is 20.6. The molecule has 1 fully saturated rings. The predicted octanol–water partition coefficient (Wildman–Crippen LogP) is 0.602. The lowest BCUT2D eigenvalue weighted by atomic mass is 10.1. The molecule has 0 amide bonds. The molecule has 2 aromatic heterocycles. The average Bonchev–Trinajstić information content (AvgIpc) is 2.86. The quantitative estimate of drug-likeness (QED) is 0.804. The van der Waals surface area contributed by atoms with Gasteiger partial charge in [0, 0.05) is 38.0 Å². The second-order valence-corrected chi connectivity index (χ2v) is 4.19. The highest BCUT2D eigenvalue weighted by Gasteiger charge is 2.17. The van der Waals surface area contributed by atoms with Crippen LogP contribution in [0.2, 0.25) is 0 Å². The summed E-state index contributed by atoms with van der Waals surface area (Å²) in [6, 6.07) is 3.05. The highest BCUT2D eigenvalue weighted by Crippen LogP contribution is 2.16. The minimum Gasteiger partial charge on any atom is -0.381 e. The van der Waals surface area contributed by atoms with Gasteiger partial charge in [-0.25, -0.2) is 9.50 Å². The topological polar surface area (TPSA) is 59.4 Å². The summed E-state index contributed by atoms with van der Waals surface area (Å²) >= 11 is 0. The molecule has 0 aliphatic carbocycles. The highest BCUT2D eigenvalue weighted by molar-refractivity contribution is 5.36. The average molecular weight is 219 g/mol. The van der Waals surface area contributed by atoms with Crippen LogP contribution in [0.3, 0.4) is 0 Å². The summed E-state index contributed by atoms with van der Waals surface area (Å²) in [4.78, 5) is 15.5.